The Hall–Kier alpha value is -1.86. The average molecular weight is 401 g/mol. The van der Waals surface area contributed by atoms with Crippen LogP contribution >= 0.6 is 0 Å². The van der Waals surface area contributed by atoms with Crippen molar-refractivity contribution in [2.24, 2.45) is 10.8 Å². The summed E-state index contributed by atoms with van der Waals surface area (Å²) in [6.07, 6.45) is 5.28. The largest absolute Gasteiger partial charge is 0.0753 e. The van der Waals surface area contributed by atoms with E-state index >= 15 is 0 Å². The highest BCUT2D eigenvalue weighted by atomic mass is 28.3. The average Bonchev–Trinajstić information content (AvgIpc) is 3.21. The first-order chi connectivity index (χ1) is 13.4. The van der Waals surface area contributed by atoms with Crippen LogP contribution in [0.3, 0.4) is 0 Å². The summed E-state index contributed by atoms with van der Waals surface area (Å²) in [5.74, 6) is 0. The van der Waals surface area contributed by atoms with Gasteiger partial charge in [0.05, 0.1) is 8.07 Å². The fraction of sp³-hybridized carbons (Fsp3) is 0.429. The first kappa shape index (κ1) is 20.4. The summed E-state index contributed by atoms with van der Waals surface area (Å²) in [6.45, 7) is 19.4. The van der Waals surface area contributed by atoms with Crippen LogP contribution in [0.1, 0.15) is 74.9 Å². The van der Waals surface area contributed by atoms with Crippen LogP contribution < -0.4 is 0 Å². The van der Waals surface area contributed by atoms with Gasteiger partial charge in [-0.3, -0.25) is 0 Å². The first-order valence-corrected chi connectivity index (χ1v) is 14.2. The van der Waals surface area contributed by atoms with Gasteiger partial charge in [-0.15, -0.1) is 0 Å². The van der Waals surface area contributed by atoms with Crippen molar-refractivity contribution in [2.75, 3.05) is 0 Å². The molecule has 152 valence electrons. The molecule has 0 N–H and O–H groups in total. The molecule has 0 radical (unpaired) electrons. The summed E-state index contributed by atoms with van der Waals surface area (Å²) in [5.41, 5.74) is 10.6. The van der Waals surface area contributed by atoms with E-state index in [0.717, 1.165) is 0 Å². The summed E-state index contributed by atoms with van der Waals surface area (Å²) >= 11 is 0. The van der Waals surface area contributed by atoms with Crippen molar-refractivity contribution in [1.29, 1.82) is 0 Å². The second-order valence-corrected chi connectivity index (χ2v) is 16.5. The molecule has 0 heterocycles. The quantitative estimate of drug-likeness (QED) is 0.445. The molecule has 4 rings (SSSR count). The topological polar surface area (TPSA) is 0 Å². The number of allylic oxidation sites excluding steroid dienone is 4. The van der Waals surface area contributed by atoms with Gasteiger partial charge in [-0.2, -0.15) is 0 Å². The van der Waals surface area contributed by atoms with Gasteiger partial charge in [-0.1, -0.05) is 115 Å². The summed E-state index contributed by atoms with van der Waals surface area (Å²) in [7, 11) is -1.73. The highest BCUT2D eigenvalue weighted by molar-refractivity contribution is 6.81. The monoisotopic (exact) mass is 400 g/mol. The fourth-order valence-electron chi connectivity index (χ4n) is 5.45. The Labute approximate surface area is 178 Å². The lowest BCUT2D eigenvalue weighted by Crippen LogP contribution is -2.40. The van der Waals surface area contributed by atoms with E-state index < -0.39 is 8.07 Å². The molecule has 0 fully saturated rings. The molecule has 2 unspecified atom stereocenters. The molecule has 0 aliphatic heterocycles. The van der Waals surface area contributed by atoms with Gasteiger partial charge in [0, 0.05) is 0 Å². The van der Waals surface area contributed by atoms with Crippen LogP contribution in [-0.2, 0) is 0 Å². The van der Waals surface area contributed by atoms with E-state index in [2.05, 4.69) is 115 Å². The van der Waals surface area contributed by atoms with Gasteiger partial charge in [-0.25, -0.2) is 0 Å². The van der Waals surface area contributed by atoms with Gasteiger partial charge >= 0.3 is 0 Å². The number of hydrogen-bond donors (Lipinski definition) is 0. The molecule has 2 aromatic carbocycles. The van der Waals surface area contributed by atoms with Crippen molar-refractivity contribution in [3.63, 3.8) is 0 Å². The van der Waals surface area contributed by atoms with Gasteiger partial charge in [0.1, 0.15) is 0 Å². The Morgan fingerprint density at radius 1 is 0.586 bits per heavy atom. The zero-order valence-corrected chi connectivity index (χ0v) is 20.4. The van der Waals surface area contributed by atoms with Crippen LogP contribution in [0.5, 0.6) is 0 Å². The molecule has 2 aliphatic rings. The molecule has 0 aromatic heterocycles. The van der Waals surface area contributed by atoms with Gasteiger partial charge in [-0.05, 0) is 55.3 Å². The van der Waals surface area contributed by atoms with Gasteiger partial charge in [0.2, 0.25) is 0 Å². The highest BCUT2D eigenvalue weighted by Gasteiger charge is 2.46. The van der Waals surface area contributed by atoms with E-state index in [1.165, 1.54) is 22.3 Å². The summed E-state index contributed by atoms with van der Waals surface area (Å²) in [5, 5.41) is 0. The predicted molar refractivity (Wildman–Crippen MR) is 131 cm³/mol. The predicted octanol–water partition coefficient (Wildman–Crippen LogP) is 8.23. The smallest absolute Gasteiger partial charge is 0.0715 e. The minimum Gasteiger partial charge on any atom is -0.0753 e. The molecule has 0 amide bonds. The highest BCUT2D eigenvalue weighted by Crippen LogP contribution is 2.54. The lowest BCUT2D eigenvalue weighted by Gasteiger charge is -2.35. The van der Waals surface area contributed by atoms with Crippen molar-refractivity contribution in [3.8, 4) is 0 Å². The number of benzene rings is 2. The van der Waals surface area contributed by atoms with E-state index in [-0.39, 0.29) is 10.8 Å². The molecule has 0 spiro atoms. The molecule has 0 saturated heterocycles. The maximum Gasteiger partial charge on any atom is 0.0715 e. The van der Waals surface area contributed by atoms with Crippen LogP contribution in [0.2, 0.25) is 13.1 Å². The van der Waals surface area contributed by atoms with Crippen LogP contribution in [0.4, 0.5) is 0 Å². The third-order valence-corrected chi connectivity index (χ3v) is 11.2. The van der Waals surface area contributed by atoms with Crippen LogP contribution in [0, 0.1) is 10.8 Å². The van der Waals surface area contributed by atoms with Gasteiger partial charge < -0.3 is 0 Å². The molecule has 2 aliphatic carbocycles. The zero-order valence-electron chi connectivity index (χ0n) is 19.4. The number of hydrogen-bond acceptors (Lipinski definition) is 0. The van der Waals surface area contributed by atoms with Gasteiger partial charge in [0.15, 0.2) is 0 Å². The minimum atomic E-state index is -1.73. The molecule has 1 heteroatoms. The molecule has 0 nitrogen and oxygen atoms in total. The van der Waals surface area contributed by atoms with Gasteiger partial charge in [0.25, 0.3) is 0 Å². The van der Waals surface area contributed by atoms with Crippen molar-refractivity contribution < 1.29 is 0 Å². The Kier molecular flexibility index (Phi) is 4.62. The number of fused-ring (bicyclic) bond motifs is 2. The second-order valence-electron chi connectivity index (χ2n) is 11.6. The Bertz CT molecular complexity index is 924. The maximum atomic E-state index is 2.64. The van der Waals surface area contributed by atoms with Crippen molar-refractivity contribution in [1.82, 2.24) is 0 Å². The molecule has 2 atom stereocenters. The standard InChI is InChI=1S/C28H36Si/c1-27(2,3)23-17-25(21-15-11-9-13-19(21)23)29(7,8)26-18-24(28(4,5)6)20-14-10-12-16-22(20)26/h9-18,25-26H,1-8H3. The fourth-order valence-corrected chi connectivity index (χ4v) is 9.14. The Morgan fingerprint density at radius 2 is 0.931 bits per heavy atom. The van der Waals surface area contributed by atoms with Crippen molar-refractivity contribution >= 4 is 19.2 Å². The Morgan fingerprint density at radius 3 is 1.28 bits per heavy atom. The van der Waals surface area contributed by atoms with Crippen molar-refractivity contribution in [3.05, 3.63) is 82.9 Å². The van der Waals surface area contributed by atoms with E-state index in [0.29, 0.717) is 11.1 Å². The molecule has 0 saturated carbocycles. The van der Waals surface area contributed by atoms with Crippen LogP contribution in [0.15, 0.2) is 60.7 Å². The minimum absolute atomic E-state index is 0.176. The Balaban J connectivity index is 1.86. The summed E-state index contributed by atoms with van der Waals surface area (Å²) < 4.78 is 0. The molecule has 2 aromatic rings. The lowest BCUT2D eigenvalue weighted by atomic mass is 9.83. The van der Waals surface area contributed by atoms with E-state index in [1.807, 2.05) is 0 Å². The molecule has 0 bridgehead atoms. The zero-order chi connectivity index (χ0) is 21.2. The van der Waals surface area contributed by atoms with Crippen LogP contribution in [-0.4, -0.2) is 8.07 Å². The first-order valence-electron chi connectivity index (χ1n) is 11.1. The second kappa shape index (κ2) is 6.57. The normalized spacial score (nSPS) is 21.5. The SMILES string of the molecule is CC(C)(C)C1=CC([Si](C)(C)C2C=C(C(C)(C)C)c3ccccc32)c2ccccc21. The molecule has 29 heavy (non-hydrogen) atoms. The molecular formula is C28H36Si. The van der Waals surface area contributed by atoms with E-state index in [1.54, 1.807) is 11.1 Å². The third kappa shape index (κ3) is 3.28. The lowest BCUT2D eigenvalue weighted by molar-refractivity contribution is 0.567. The molecular weight excluding hydrogens is 364 g/mol. The van der Waals surface area contributed by atoms with Crippen molar-refractivity contribution in [2.45, 2.75) is 65.7 Å². The van der Waals surface area contributed by atoms with E-state index in [9.17, 15) is 0 Å². The third-order valence-electron chi connectivity index (χ3n) is 7.06. The summed E-state index contributed by atoms with van der Waals surface area (Å²) in [6, 6.07) is 18.3. The van der Waals surface area contributed by atoms with Crippen LogP contribution in [0.25, 0.3) is 11.1 Å². The maximum absolute atomic E-state index is 2.64. The summed E-state index contributed by atoms with van der Waals surface area (Å²) in [4.78, 5) is 0. The van der Waals surface area contributed by atoms with E-state index in [4.69, 9.17) is 0 Å². The number of rotatable bonds is 2.